The molecule has 0 aliphatic carbocycles. The van der Waals surface area contributed by atoms with Crippen LogP contribution < -0.4 is 10.3 Å². The molecule has 2 aromatic heterocycles. The van der Waals surface area contributed by atoms with Gasteiger partial charge >= 0.3 is 0 Å². The van der Waals surface area contributed by atoms with Crippen LogP contribution in [0.2, 0.25) is 0 Å². The van der Waals surface area contributed by atoms with E-state index in [2.05, 4.69) is 28.7 Å². The number of sulfonamides is 1. The number of hydrogen-bond donors (Lipinski definition) is 2. The zero-order chi connectivity index (χ0) is 19.8. The van der Waals surface area contributed by atoms with E-state index in [0.29, 0.717) is 17.2 Å². The first-order chi connectivity index (χ1) is 12.7. The highest BCUT2D eigenvalue weighted by Gasteiger charge is 2.23. The molecule has 0 unspecified atom stereocenters. The van der Waals surface area contributed by atoms with E-state index in [1.54, 1.807) is 13.8 Å². The standard InChI is InChI=1S/C19H23N3O4S/c1-11(2)14-5-6-17-16(9-14)10-15(19(23)21-17)7-8-20-27(24,25)18-12(3)22-26-13(18)4/h5-6,9-11,20H,7-8H2,1-4H3,(H,21,23). The Bertz CT molecular complexity index is 1120. The summed E-state index contributed by atoms with van der Waals surface area (Å²) in [7, 11) is -3.74. The highest BCUT2D eigenvalue weighted by atomic mass is 32.2. The summed E-state index contributed by atoms with van der Waals surface area (Å²) in [6.45, 7) is 7.44. The Kier molecular flexibility index (Phi) is 5.21. The largest absolute Gasteiger partial charge is 0.360 e. The lowest BCUT2D eigenvalue weighted by Crippen LogP contribution is -2.28. The molecule has 0 spiro atoms. The maximum Gasteiger partial charge on any atom is 0.251 e. The van der Waals surface area contributed by atoms with E-state index in [4.69, 9.17) is 4.52 Å². The highest BCUT2D eigenvalue weighted by molar-refractivity contribution is 7.89. The van der Waals surface area contributed by atoms with Crippen molar-refractivity contribution in [2.24, 2.45) is 0 Å². The molecule has 1 aromatic carbocycles. The lowest BCUT2D eigenvalue weighted by Gasteiger charge is -2.09. The second kappa shape index (κ2) is 7.28. The van der Waals surface area contributed by atoms with Crippen LogP contribution in [0.3, 0.4) is 0 Å². The maximum atomic E-state index is 12.4. The summed E-state index contributed by atoms with van der Waals surface area (Å²) in [6.07, 6.45) is 0.278. The fourth-order valence-corrected chi connectivity index (χ4v) is 4.42. The Balaban J connectivity index is 1.80. The van der Waals surface area contributed by atoms with Crippen molar-refractivity contribution in [3.63, 3.8) is 0 Å². The lowest BCUT2D eigenvalue weighted by molar-refractivity contribution is 0.390. The smallest absolute Gasteiger partial charge is 0.251 e. The Labute approximate surface area is 157 Å². The van der Waals surface area contributed by atoms with Crippen molar-refractivity contribution in [2.45, 2.75) is 44.9 Å². The molecule has 0 atom stereocenters. The van der Waals surface area contributed by atoms with E-state index in [9.17, 15) is 13.2 Å². The summed E-state index contributed by atoms with van der Waals surface area (Å²) in [5.41, 5.74) is 2.58. The van der Waals surface area contributed by atoms with E-state index in [1.165, 1.54) is 5.56 Å². The van der Waals surface area contributed by atoms with Crippen molar-refractivity contribution >= 4 is 20.9 Å². The SMILES string of the molecule is Cc1noc(C)c1S(=O)(=O)NCCc1cc2cc(C(C)C)ccc2[nH]c1=O. The fourth-order valence-electron chi connectivity index (χ4n) is 3.07. The third-order valence-electron chi connectivity index (χ3n) is 4.53. The summed E-state index contributed by atoms with van der Waals surface area (Å²) in [6, 6.07) is 7.77. The Morgan fingerprint density at radius 1 is 1.22 bits per heavy atom. The molecule has 3 aromatic rings. The minimum Gasteiger partial charge on any atom is -0.360 e. The van der Waals surface area contributed by atoms with Crippen LogP contribution in [-0.4, -0.2) is 25.1 Å². The van der Waals surface area contributed by atoms with Gasteiger partial charge in [-0.15, -0.1) is 0 Å². The third-order valence-corrected chi connectivity index (χ3v) is 6.24. The summed E-state index contributed by atoms with van der Waals surface area (Å²) in [5.74, 6) is 0.622. The van der Waals surface area contributed by atoms with Gasteiger partial charge in [-0.1, -0.05) is 25.1 Å². The van der Waals surface area contributed by atoms with Crippen LogP contribution in [0.15, 0.2) is 38.5 Å². The molecule has 0 aliphatic heterocycles. The second-order valence-corrected chi connectivity index (χ2v) is 8.63. The molecule has 8 heteroatoms. The van der Waals surface area contributed by atoms with Crippen LogP contribution in [0.25, 0.3) is 10.9 Å². The maximum absolute atomic E-state index is 12.4. The van der Waals surface area contributed by atoms with Gasteiger partial charge in [0, 0.05) is 17.6 Å². The molecule has 0 saturated carbocycles. The molecule has 2 heterocycles. The average Bonchev–Trinajstić information content (AvgIpc) is 2.94. The molecule has 0 bridgehead atoms. The zero-order valence-corrected chi connectivity index (χ0v) is 16.6. The van der Waals surface area contributed by atoms with Gasteiger partial charge in [0.15, 0.2) is 5.76 Å². The van der Waals surface area contributed by atoms with E-state index < -0.39 is 10.0 Å². The van der Waals surface area contributed by atoms with Crippen LogP contribution in [0, 0.1) is 13.8 Å². The number of pyridine rings is 1. The van der Waals surface area contributed by atoms with Crippen molar-refractivity contribution in [3.05, 3.63) is 57.2 Å². The van der Waals surface area contributed by atoms with Crippen molar-refractivity contribution in [1.29, 1.82) is 0 Å². The summed E-state index contributed by atoms with van der Waals surface area (Å²) < 4.78 is 32.3. The number of hydrogen-bond acceptors (Lipinski definition) is 5. The third kappa shape index (κ3) is 3.96. The van der Waals surface area contributed by atoms with Crippen molar-refractivity contribution < 1.29 is 12.9 Å². The predicted octanol–water partition coefficient (Wildman–Crippen LogP) is 2.78. The van der Waals surface area contributed by atoms with Gasteiger partial charge in [0.25, 0.3) is 5.56 Å². The molecule has 0 fully saturated rings. The van der Waals surface area contributed by atoms with Gasteiger partial charge in [-0.05, 0) is 55.3 Å². The van der Waals surface area contributed by atoms with E-state index in [0.717, 1.165) is 10.9 Å². The average molecular weight is 389 g/mol. The topological polar surface area (TPSA) is 105 Å². The number of fused-ring (bicyclic) bond motifs is 1. The zero-order valence-electron chi connectivity index (χ0n) is 15.8. The summed E-state index contributed by atoms with van der Waals surface area (Å²) >= 11 is 0. The normalized spacial score (nSPS) is 12.2. The van der Waals surface area contributed by atoms with Crippen LogP contribution in [-0.2, 0) is 16.4 Å². The first kappa shape index (κ1) is 19.3. The highest BCUT2D eigenvalue weighted by Crippen LogP contribution is 2.20. The van der Waals surface area contributed by atoms with E-state index >= 15 is 0 Å². The Morgan fingerprint density at radius 2 is 1.96 bits per heavy atom. The summed E-state index contributed by atoms with van der Waals surface area (Å²) in [4.78, 5) is 15.2. The van der Waals surface area contributed by atoms with Gasteiger partial charge in [-0.3, -0.25) is 4.79 Å². The number of benzene rings is 1. The summed E-state index contributed by atoms with van der Waals surface area (Å²) in [5, 5.41) is 4.60. The van der Waals surface area contributed by atoms with Crippen LogP contribution in [0.1, 0.15) is 42.3 Å². The van der Waals surface area contributed by atoms with Gasteiger partial charge in [0.2, 0.25) is 10.0 Å². The number of aryl methyl sites for hydroxylation is 2. The van der Waals surface area contributed by atoms with Crippen LogP contribution in [0.4, 0.5) is 0 Å². The van der Waals surface area contributed by atoms with Crippen molar-refractivity contribution in [3.8, 4) is 0 Å². The lowest BCUT2D eigenvalue weighted by atomic mass is 10.0. The minimum atomic E-state index is -3.74. The Morgan fingerprint density at radius 3 is 2.59 bits per heavy atom. The first-order valence-corrected chi connectivity index (χ1v) is 10.3. The quantitative estimate of drug-likeness (QED) is 0.674. The second-order valence-electron chi connectivity index (χ2n) is 6.93. The number of nitrogens with one attached hydrogen (secondary N) is 2. The van der Waals surface area contributed by atoms with Crippen molar-refractivity contribution in [1.82, 2.24) is 14.9 Å². The monoisotopic (exact) mass is 389 g/mol. The first-order valence-electron chi connectivity index (χ1n) is 8.77. The molecular formula is C19H23N3O4S. The van der Waals surface area contributed by atoms with Crippen molar-refractivity contribution in [2.75, 3.05) is 6.54 Å². The number of H-pyrrole nitrogens is 1. The molecule has 144 valence electrons. The van der Waals surface area contributed by atoms with E-state index in [-0.39, 0.29) is 29.2 Å². The molecule has 0 radical (unpaired) electrons. The molecule has 0 aliphatic rings. The Hall–Kier alpha value is -2.45. The van der Waals surface area contributed by atoms with Gasteiger partial charge in [0.05, 0.1) is 0 Å². The number of nitrogens with zero attached hydrogens (tertiary/aromatic N) is 1. The molecule has 27 heavy (non-hydrogen) atoms. The van der Waals surface area contributed by atoms with Gasteiger partial charge < -0.3 is 9.51 Å². The number of rotatable bonds is 6. The van der Waals surface area contributed by atoms with Gasteiger partial charge in [-0.25, -0.2) is 13.1 Å². The molecule has 2 N–H and O–H groups in total. The van der Waals surface area contributed by atoms with E-state index in [1.807, 2.05) is 24.3 Å². The molecule has 7 nitrogen and oxygen atoms in total. The van der Waals surface area contributed by atoms with Gasteiger partial charge in [-0.2, -0.15) is 0 Å². The molecule has 0 saturated heterocycles. The number of aromatic amines is 1. The molecular weight excluding hydrogens is 366 g/mol. The van der Waals surface area contributed by atoms with Gasteiger partial charge in [0.1, 0.15) is 10.6 Å². The fraction of sp³-hybridized carbons (Fsp3) is 0.368. The molecule has 0 amide bonds. The molecule has 3 rings (SSSR count). The number of aromatic nitrogens is 2. The van der Waals surface area contributed by atoms with Crippen LogP contribution in [0.5, 0.6) is 0 Å². The predicted molar refractivity (Wildman–Crippen MR) is 104 cm³/mol. The minimum absolute atomic E-state index is 0.0523. The van der Waals surface area contributed by atoms with Crippen LogP contribution >= 0.6 is 0 Å².